The van der Waals surface area contributed by atoms with Gasteiger partial charge in [0.05, 0.1) is 0 Å². The van der Waals surface area contributed by atoms with Crippen LogP contribution < -0.4 is 9.47 Å². The van der Waals surface area contributed by atoms with Crippen LogP contribution in [0.4, 0.5) is 4.39 Å². The zero-order valence-electron chi connectivity index (χ0n) is 19.5. The van der Waals surface area contributed by atoms with E-state index in [4.69, 9.17) is 14.2 Å². The second kappa shape index (κ2) is 11.0. The Morgan fingerprint density at radius 2 is 1.76 bits per heavy atom. The number of amides is 1. The van der Waals surface area contributed by atoms with Crippen LogP contribution in [0, 0.1) is 11.7 Å². The first-order valence-electron chi connectivity index (χ1n) is 11.6. The fourth-order valence-corrected chi connectivity index (χ4v) is 4.83. The number of rotatable bonds is 8. The molecule has 0 N–H and O–H groups in total. The van der Waals surface area contributed by atoms with Crippen molar-refractivity contribution in [3.63, 3.8) is 0 Å². The largest absolute Gasteiger partial charge is 0.486 e. The summed E-state index contributed by atoms with van der Waals surface area (Å²) in [5.74, 6) is 1.75. The van der Waals surface area contributed by atoms with E-state index >= 15 is 0 Å². The monoisotopic (exact) mass is 456 g/mol. The van der Waals surface area contributed by atoms with Gasteiger partial charge in [0, 0.05) is 26.7 Å². The van der Waals surface area contributed by atoms with E-state index in [1.807, 2.05) is 30.1 Å². The number of ether oxygens (including phenoxy) is 3. The molecule has 1 amide bonds. The van der Waals surface area contributed by atoms with Gasteiger partial charge in [0.2, 0.25) is 5.91 Å². The number of likely N-dealkylation sites (tertiary alicyclic amines) is 1. The number of benzene rings is 2. The highest BCUT2D eigenvalue weighted by Crippen LogP contribution is 2.32. The molecule has 0 aliphatic carbocycles. The molecule has 0 bridgehead atoms. The van der Waals surface area contributed by atoms with Crippen molar-refractivity contribution in [2.75, 3.05) is 47.1 Å². The second-order valence-corrected chi connectivity index (χ2v) is 8.93. The summed E-state index contributed by atoms with van der Waals surface area (Å²) < 4.78 is 29.8. The van der Waals surface area contributed by atoms with Crippen molar-refractivity contribution in [2.45, 2.75) is 31.8 Å². The molecule has 0 saturated carbocycles. The minimum absolute atomic E-state index is 0.0247. The van der Waals surface area contributed by atoms with Gasteiger partial charge in [0.15, 0.2) is 11.5 Å². The van der Waals surface area contributed by atoms with Crippen LogP contribution in [0.15, 0.2) is 42.5 Å². The summed E-state index contributed by atoms with van der Waals surface area (Å²) in [6.45, 7) is 4.05. The van der Waals surface area contributed by atoms with Crippen molar-refractivity contribution >= 4 is 5.91 Å². The second-order valence-electron chi connectivity index (χ2n) is 8.93. The highest BCUT2D eigenvalue weighted by Gasteiger charge is 2.31. The van der Waals surface area contributed by atoms with E-state index in [1.54, 1.807) is 0 Å². The van der Waals surface area contributed by atoms with Crippen LogP contribution in [0.2, 0.25) is 0 Å². The summed E-state index contributed by atoms with van der Waals surface area (Å²) in [5, 5.41) is 0. The minimum atomic E-state index is -0.244. The standard InChI is InChI=1S/C26H33FN2O4/c1-28(26(30)18-31-2)23(15-19-3-6-22(27)7-4-19)21-9-11-29(12-10-21)17-20-5-8-24-25(16-20)33-14-13-32-24/h3-8,16,21,23H,9-15,17-18H2,1-2H3. The molecule has 1 atom stereocenters. The lowest BCUT2D eigenvalue weighted by Crippen LogP contribution is -2.48. The number of halogens is 1. The van der Waals surface area contributed by atoms with E-state index in [2.05, 4.69) is 17.0 Å². The molecule has 33 heavy (non-hydrogen) atoms. The van der Waals surface area contributed by atoms with Crippen LogP contribution in [0.1, 0.15) is 24.0 Å². The normalized spacial score (nSPS) is 17.5. The quantitative estimate of drug-likeness (QED) is 0.608. The number of piperidine rings is 1. The minimum Gasteiger partial charge on any atom is -0.486 e. The molecule has 0 aromatic heterocycles. The molecule has 0 spiro atoms. The number of methoxy groups -OCH3 is 1. The Balaban J connectivity index is 1.39. The number of hydrogen-bond acceptors (Lipinski definition) is 5. The van der Waals surface area contributed by atoms with Gasteiger partial charge in [0.1, 0.15) is 25.6 Å². The van der Waals surface area contributed by atoms with Crippen LogP contribution in [-0.2, 0) is 22.5 Å². The number of hydrogen-bond donors (Lipinski definition) is 0. The topological polar surface area (TPSA) is 51.2 Å². The van der Waals surface area contributed by atoms with Crippen LogP contribution in [-0.4, -0.2) is 68.8 Å². The lowest BCUT2D eigenvalue weighted by Gasteiger charge is -2.40. The molecule has 2 aromatic rings. The molecule has 178 valence electrons. The van der Waals surface area contributed by atoms with Gasteiger partial charge in [0.25, 0.3) is 0 Å². The molecule has 2 aromatic carbocycles. The summed E-state index contributed by atoms with van der Waals surface area (Å²) in [6, 6.07) is 12.8. The van der Waals surface area contributed by atoms with Crippen molar-refractivity contribution < 1.29 is 23.4 Å². The zero-order chi connectivity index (χ0) is 23.2. The van der Waals surface area contributed by atoms with E-state index in [-0.39, 0.29) is 24.4 Å². The Bertz CT molecular complexity index is 928. The molecule has 6 nitrogen and oxygen atoms in total. The van der Waals surface area contributed by atoms with Gasteiger partial charge in [-0.1, -0.05) is 18.2 Å². The van der Waals surface area contributed by atoms with Gasteiger partial charge in [-0.3, -0.25) is 9.69 Å². The maximum Gasteiger partial charge on any atom is 0.248 e. The van der Waals surface area contributed by atoms with Crippen LogP contribution >= 0.6 is 0 Å². The van der Waals surface area contributed by atoms with Crippen molar-refractivity contribution in [2.24, 2.45) is 5.92 Å². The third-order valence-corrected chi connectivity index (χ3v) is 6.71. The lowest BCUT2D eigenvalue weighted by molar-refractivity contribution is -0.137. The van der Waals surface area contributed by atoms with Crippen molar-refractivity contribution in [3.05, 3.63) is 59.4 Å². The third kappa shape index (κ3) is 6.03. The molecule has 0 radical (unpaired) electrons. The summed E-state index contributed by atoms with van der Waals surface area (Å²) >= 11 is 0. The summed E-state index contributed by atoms with van der Waals surface area (Å²) in [6.07, 6.45) is 2.71. The van der Waals surface area contributed by atoms with Gasteiger partial charge in [-0.05, 0) is 73.7 Å². The van der Waals surface area contributed by atoms with Gasteiger partial charge in [-0.2, -0.15) is 0 Å². The molecule has 2 heterocycles. The average Bonchev–Trinajstić information content (AvgIpc) is 2.84. The first-order valence-corrected chi connectivity index (χ1v) is 11.6. The van der Waals surface area contributed by atoms with Crippen molar-refractivity contribution in [1.29, 1.82) is 0 Å². The van der Waals surface area contributed by atoms with Gasteiger partial charge in [-0.15, -0.1) is 0 Å². The molecule has 7 heteroatoms. The van der Waals surface area contributed by atoms with E-state index in [1.165, 1.54) is 24.8 Å². The summed E-state index contributed by atoms with van der Waals surface area (Å²) in [5.41, 5.74) is 2.25. The maximum absolute atomic E-state index is 13.4. The Morgan fingerprint density at radius 1 is 1.09 bits per heavy atom. The Labute approximate surface area is 195 Å². The SMILES string of the molecule is COCC(=O)N(C)C(Cc1ccc(F)cc1)C1CCN(Cc2ccc3c(c2)OCCO3)CC1. The number of likely N-dealkylation sites (N-methyl/N-ethyl adjacent to an activating group) is 1. The lowest BCUT2D eigenvalue weighted by atomic mass is 9.84. The first-order chi connectivity index (χ1) is 16.0. The summed E-state index contributed by atoms with van der Waals surface area (Å²) in [7, 11) is 3.40. The fraction of sp³-hybridized carbons (Fsp3) is 0.500. The van der Waals surface area contributed by atoms with E-state index in [9.17, 15) is 9.18 Å². The molecule has 2 aliphatic heterocycles. The maximum atomic E-state index is 13.4. The van der Waals surface area contributed by atoms with Crippen LogP contribution in [0.25, 0.3) is 0 Å². The van der Waals surface area contributed by atoms with Crippen molar-refractivity contribution in [3.8, 4) is 11.5 Å². The van der Waals surface area contributed by atoms with E-state index < -0.39 is 0 Å². The van der Waals surface area contributed by atoms with Gasteiger partial charge < -0.3 is 19.1 Å². The van der Waals surface area contributed by atoms with E-state index in [0.29, 0.717) is 25.6 Å². The molecule has 1 unspecified atom stereocenters. The number of carbonyl (C=O) groups excluding carboxylic acids is 1. The smallest absolute Gasteiger partial charge is 0.248 e. The molecular weight excluding hydrogens is 423 g/mol. The Kier molecular flexibility index (Phi) is 7.83. The molecule has 1 fully saturated rings. The predicted molar refractivity (Wildman–Crippen MR) is 124 cm³/mol. The average molecular weight is 457 g/mol. The van der Waals surface area contributed by atoms with E-state index in [0.717, 1.165) is 49.5 Å². The van der Waals surface area contributed by atoms with Crippen LogP contribution in [0.5, 0.6) is 11.5 Å². The van der Waals surface area contributed by atoms with Crippen LogP contribution in [0.3, 0.4) is 0 Å². The fourth-order valence-electron chi connectivity index (χ4n) is 4.83. The number of nitrogens with zero attached hydrogens (tertiary/aromatic N) is 2. The third-order valence-electron chi connectivity index (χ3n) is 6.71. The van der Waals surface area contributed by atoms with Gasteiger partial charge in [-0.25, -0.2) is 4.39 Å². The number of carbonyl (C=O) groups is 1. The summed E-state index contributed by atoms with van der Waals surface area (Å²) in [4.78, 5) is 16.9. The van der Waals surface area contributed by atoms with Gasteiger partial charge >= 0.3 is 0 Å². The highest BCUT2D eigenvalue weighted by molar-refractivity contribution is 5.77. The zero-order valence-corrected chi connectivity index (χ0v) is 19.5. The Hall–Kier alpha value is -2.64. The molecule has 2 aliphatic rings. The Morgan fingerprint density at radius 3 is 2.45 bits per heavy atom. The highest BCUT2D eigenvalue weighted by atomic mass is 19.1. The molecular formula is C26H33FN2O4. The first kappa shape index (κ1) is 23.5. The molecule has 4 rings (SSSR count). The molecule has 1 saturated heterocycles. The number of fused-ring (bicyclic) bond motifs is 1. The van der Waals surface area contributed by atoms with Crippen molar-refractivity contribution in [1.82, 2.24) is 9.80 Å². The predicted octanol–water partition coefficient (Wildman–Crippen LogP) is 3.53.